The largest absolute Gasteiger partial charge is 0.370 e. The van der Waals surface area contributed by atoms with Gasteiger partial charge in [-0.15, -0.1) is 0 Å². The molecule has 1 aromatic rings. The first kappa shape index (κ1) is 15.4. The van der Waals surface area contributed by atoms with Crippen LogP contribution in [0.1, 0.15) is 33.1 Å². The van der Waals surface area contributed by atoms with E-state index in [0.29, 0.717) is 18.8 Å². The number of hydrogen-bond acceptors (Lipinski definition) is 4. The summed E-state index contributed by atoms with van der Waals surface area (Å²) in [5.74, 6) is 0.483. The maximum Gasteiger partial charge on any atom is 0.226 e. The number of anilines is 2. The van der Waals surface area contributed by atoms with E-state index in [2.05, 4.69) is 29.0 Å². The quantitative estimate of drug-likeness (QED) is 0.753. The molecule has 19 heavy (non-hydrogen) atoms. The third-order valence-electron chi connectivity index (χ3n) is 2.74. The fourth-order valence-corrected chi connectivity index (χ4v) is 1.89. The number of rotatable bonds is 8. The molecule has 0 spiro atoms. The van der Waals surface area contributed by atoms with Crippen LogP contribution in [0.3, 0.4) is 0 Å². The summed E-state index contributed by atoms with van der Waals surface area (Å²) >= 11 is 0. The Bertz CT molecular complexity index is 372. The van der Waals surface area contributed by atoms with Crippen molar-refractivity contribution < 1.29 is 4.79 Å². The smallest absolute Gasteiger partial charge is 0.226 e. The molecule has 1 rings (SSSR count). The van der Waals surface area contributed by atoms with Crippen molar-refractivity contribution in [3.8, 4) is 0 Å². The second-order valence-corrected chi connectivity index (χ2v) is 4.48. The topological polar surface area (TPSA) is 71.2 Å². The minimum Gasteiger partial charge on any atom is -0.370 e. The predicted molar refractivity (Wildman–Crippen MR) is 79.3 cm³/mol. The minimum absolute atomic E-state index is 0.0956. The van der Waals surface area contributed by atoms with Crippen LogP contribution in [0.4, 0.5) is 11.5 Å². The van der Waals surface area contributed by atoms with E-state index in [9.17, 15) is 4.79 Å². The molecule has 5 heteroatoms. The van der Waals surface area contributed by atoms with Gasteiger partial charge in [-0.3, -0.25) is 4.79 Å². The highest BCUT2D eigenvalue weighted by molar-refractivity contribution is 5.89. The number of hydrogen-bond donors (Lipinski definition) is 2. The Morgan fingerprint density at radius 2 is 2.00 bits per heavy atom. The van der Waals surface area contributed by atoms with Crippen molar-refractivity contribution in [3.63, 3.8) is 0 Å². The first-order chi connectivity index (χ1) is 9.21. The van der Waals surface area contributed by atoms with Crippen molar-refractivity contribution >= 4 is 17.4 Å². The van der Waals surface area contributed by atoms with Gasteiger partial charge in [-0.05, 0) is 25.0 Å². The Hall–Kier alpha value is -1.62. The van der Waals surface area contributed by atoms with E-state index in [1.54, 1.807) is 0 Å². The summed E-state index contributed by atoms with van der Waals surface area (Å²) in [6.45, 7) is 6.72. The molecule has 0 aromatic carbocycles. The number of carbonyl (C=O) groups is 1. The highest BCUT2D eigenvalue weighted by atomic mass is 16.1. The van der Waals surface area contributed by atoms with Crippen molar-refractivity contribution in [2.75, 3.05) is 29.9 Å². The fourth-order valence-electron chi connectivity index (χ4n) is 1.89. The lowest BCUT2D eigenvalue weighted by molar-refractivity contribution is -0.116. The zero-order chi connectivity index (χ0) is 14.1. The number of nitrogens with zero attached hydrogens (tertiary/aromatic N) is 2. The Balaban J connectivity index is 2.65. The lowest BCUT2D eigenvalue weighted by Crippen LogP contribution is -2.25. The SMILES string of the molecule is CCCN(CCC)c1ccc(NC(=O)CCN)nc1. The normalized spacial score (nSPS) is 10.3. The molecule has 0 aliphatic carbocycles. The molecule has 1 aromatic heterocycles. The number of amides is 1. The molecule has 3 N–H and O–H groups in total. The lowest BCUT2D eigenvalue weighted by atomic mass is 10.3. The van der Waals surface area contributed by atoms with Crippen LogP contribution < -0.4 is 16.0 Å². The monoisotopic (exact) mass is 264 g/mol. The van der Waals surface area contributed by atoms with Gasteiger partial charge in [-0.1, -0.05) is 13.8 Å². The van der Waals surface area contributed by atoms with Crippen LogP contribution in [0.25, 0.3) is 0 Å². The summed E-state index contributed by atoms with van der Waals surface area (Å²) in [6.07, 6.45) is 4.34. The van der Waals surface area contributed by atoms with Gasteiger partial charge in [0.1, 0.15) is 5.82 Å². The van der Waals surface area contributed by atoms with Crippen LogP contribution >= 0.6 is 0 Å². The van der Waals surface area contributed by atoms with Gasteiger partial charge in [-0.25, -0.2) is 4.98 Å². The molecule has 0 aliphatic rings. The molecule has 0 unspecified atom stereocenters. The molecule has 0 atom stereocenters. The van der Waals surface area contributed by atoms with E-state index in [1.165, 1.54) is 0 Å². The maximum atomic E-state index is 11.4. The maximum absolute atomic E-state index is 11.4. The number of nitrogens with two attached hydrogens (primary N) is 1. The molecule has 106 valence electrons. The molecule has 0 radical (unpaired) electrons. The van der Waals surface area contributed by atoms with Gasteiger partial charge in [0.05, 0.1) is 11.9 Å². The molecule has 0 bridgehead atoms. The zero-order valence-corrected chi connectivity index (χ0v) is 11.9. The Morgan fingerprint density at radius 3 is 2.47 bits per heavy atom. The summed E-state index contributed by atoms with van der Waals surface area (Å²) in [5.41, 5.74) is 6.42. The first-order valence-corrected chi connectivity index (χ1v) is 6.92. The van der Waals surface area contributed by atoms with Crippen molar-refractivity contribution in [2.45, 2.75) is 33.1 Å². The van der Waals surface area contributed by atoms with Crippen LogP contribution in [-0.4, -0.2) is 30.5 Å². The van der Waals surface area contributed by atoms with E-state index in [1.807, 2.05) is 18.3 Å². The van der Waals surface area contributed by atoms with Gasteiger partial charge in [0.2, 0.25) is 5.91 Å². The van der Waals surface area contributed by atoms with Gasteiger partial charge in [0.25, 0.3) is 0 Å². The molecule has 0 saturated carbocycles. The van der Waals surface area contributed by atoms with Gasteiger partial charge >= 0.3 is 0 Å². The molecule has 0 aliphatic heterocycles. The van der Waals surface area contributed by atoms with E-state index in [0.717, 1.165) is 31.6 Å². The van der Waals surface area contributed by atoms with Crippen molar-refractivity contribution in [1.29, 1.82) is 0 Å². The number of pyridine rings is 1. The second-order valence-electron chi connectivity index (χ2n) is 4.48. The first-order valence-electron chi connectivity index (χ1n) is 6.92. The van der Waals surface area contributed by atoms with E-state index in [-0.39, 0.29) is 5.91 Å². The van der Waals surface area contributed by atoms with Gasteiger partial charge < -0.3 is 16.0 Å². The highest BCUT2D eigenvalue weighted by Crippen LogP contribution is 2.16. The molecular formula is C14H24N4O. The van der Waals surface area contributed by atoms with Gasteiger partial charge in [-0.2, -0.15) is 0 Å². The van der Waals surface area contributed by atoms with Crippen LogP contribution in [0.15, 0.2) is 18.3 Å². The van der Waals surface area contributed by atoms with Crippen LogP contribution in [-0.2, 0) is 4.79 Å². The standard InChI is InChI=1S/C14H24N4O/c1-3-9-18(10-4-2)12-5-6-13(16-11-12)17-14(19)7-8-15/h5-6,11H,3-4,7-10,15H2,1-2H3,(H,16,17,19). The lowest BCUT2D eigenvalue weighted by Gasteiger charge is -2.23. The highest BCUT2D eigenvalue weighted by Gasteiger charge is 2.06. The number of nitrogens with one attached hydrogen (secondary N) is 1. The fraction of sp³-hybridized carbons (Fsp3) is 0.571. The van der Waals surface area contributed by atoms with Crippen LogP contribution in [0.5, 0.6) is 0 Å². The number of aromatic nitrogens is 1. The van der Waals surface area contributed by atoms with Crippen LogP contribution in [0.2, 0.25) is 0 Å². The number of carbonyl (C=O) groups excluding carboxylic acids is 1. The molecule has 5 nitrogen and oxygen atoms in total. The Morgan fingerprint density at radius 1 is 1.32 bits per heavy atom. The molecule has 0 fully saturated rings. The Labute approximate surface area is 115 Å². The molecular weight excluding hydrogens is 240 g/mol. The molecule has 1 heterocycles. The molecule has 0 saturated heterocycles. The average Bonchev–Trinajstić information content (AvgIpc) is 2.40. The summed E-state index contributed by atoms with van der Waals surface area (Å²) in [5, 5.41) is 2.72. The van der Waals surface area contributed by atoms with Crippen molar-refractivity contribution in [1.82, 2.24) is 4.98 Å². The summed E-state index contributed by atoms with van der Waals surface area (Å²) in [6, 6.07) is 3.83. The third kappa shape index (κ3) is 5.26. The molecule has 1 amide bonds. The summed E-state index contributed by atoms with van der Waals surface area (Å²) in [4.78, 5) is 18.0. The Kier molecular flexibility index (Phi) is 6.89. The summed E-state index contributed by atoms with van der Waals surface area (Å²) < 4.78 is 0. The summed E-state index contributed by atoms with van der Waals surface area (Å²) in [7, 11) is 0. The van der Waals surface area contributed by atoms with Crippen LogP contribution in [0, 0.1) is 0 Å². The van der Waals surface area contributed by atoms with Gasteiger partial charge in [0, 0.05) is 26.1 Å². The van der Waals surface area contributed by atoms with Crippen molar-refractivity contribution in [2.24, 2.45) is 5.73 Å². The van der Waals surface area contributed by atoms with Gasteiger partial charge in [0.15, 0.2) is 0 Å². The second kappa shape index (κ2) is 8.48. The van der Waals surface area contributed by atoms with Crippen molar-refractivity contribution in [3.05, 3.63) is 18.3 Å². The predicted octanol–water partition coefficient (Wildman–Crippen LogP) is 2.00. The average molecular weight is 264 g/mol. The van der Waals surface area contributed by atoms with E-state index in [4.69, 9.17) is 5.73 Å². The van der Waals surface area contributed by atoms with E-state index < -0.39 is 0 Å². The zero-order valence-electron chi connectivity index (χ0n) is 11.9. The minimum atomic E-state index is -0.0956. The van der Waals surface area contributed by atoms with E-state index >= 15 is 0 Å². The third-order valence-corrected chi connectivity index (χ3v) is 2.74.